The van der Waals surface area contributed by atoms with E-state index in [1.165, 1.54) is 24.3 Å². The van der Waals surface area contributed by atoms with Gasteiger partial charge in [-0.2, -0.15) is 5.26 Å². The van der Waals surface area contributed by atoms with Crippen LogP contribution in [0.1, 0.15) is 30.1 Å². The minimum Gasteiger partial charge on any atom is -0.372 e. The summed E-state index contributed by atoms with van der Waals surface area (Å²) in [5.74, 6) is -0.242. The zero-order chi connectivity index (χ0) is 21.1. The lowest BCUT2D eigenvalue weighted by Crippen LogP contribution is -2.30. The highest BCUT2D eigenvalue weighted by atomic mass is 32.2. The van der Waals surface area contributed by atoms with Gasteiger partial charge in [0.25, 0.3) is 5.91 Å². The Morgan fingerprint density at radius 2 is 1.76 bits per heavy atom. The molecule has 0 aliphatic carbocycles. The molecule has 0 saturated carbocycles. The molecular formula is C21H26N4O3S. The molecule has 0 aliphatic rings. The van der Waals surface area contributed by atoms with Crippen LogP contribution in [0, 0.1) is 11.3 Å². The van der Waals surface area contributed by atoms with Gasteiger partial charge in [-0.15, -0.1) is 0 Å². The lowest BCUT2D eigenvalue weighted by Gasteiger charge is -2.23. The number of amides is 1. The fraction of sp³-hybridized carbons (Fsp3) is 0.333. The number of carbonyl (C=O) groups is 1. The van der Waals surface area contributed by atoms with Crippen molar-refractivity contribution in [2.24, 2.45) is 0 Å². The van der Waals surface area contributed by atoms with Gasteiger partial charge >= 0.3 is 0 Å². The number of rotatable bonds is 11. The van der Waals surface area contributed by atoms with Crippen LogP contribution in [0.25, 0.3) is 0 Å². The first-order valence-corrected chi connectivity index (χ1v) is 11.0. The quantitative estimate of drug-likeness (QED) is 0.550. The van der Waals surface area contributed by atoms with Gasteiger partial charge in [0.2, 0.25) is 10.0 Å². The minimum absolute atomic E-state index is 0.0544. The van der Waals surface area contributed by atoms with E-state index in [-0.39, 0.29) is 23.8 Å². The summed E-state index contributed by atoms with van der Waals surface area (Å²) < 4.78 is 26.5. The molecule has 0 radical (unpaired) electrons. The molecular weight excluding hydrogens is 388 g/mol. The zero-order valence-electron chi connectivity index (χ0n) is 16.5. The van der Waals surface area contributed by atoms with Gasteiger partial charge in [-0.05, 0) is 49.7 Å². The van der Waals surface area contributed by atoms with Crippen LogP contribution >= 0.6 is 0 Å². The standard InChI is InChI=1S/C21H26N4O3S/c1-2-25(19-8-4-3-5-9-19)17-7-15-23-21(26)18-10-12-20(13-11-18)29(27,28)24-16-6-14-22/h3-5,8-13,24H,2,6-7,15-17H2,1H3,(H,23,26). The molecule has 0 aromatic heterocycles. The molecule has 2 N–H and O–H groups in total. The van der Waals surface area contributed by atoms with E-state index in [1.54, 1.807) is 0 Å². The van der Waals surface area contributed by atoms with Crippen molar-refractivity contribution in [2.75, 3.05) is 31.1 Å². The number of para-hydroxylation sites is 1. The number of carbonyl (C=O) groups excluding carboxylic acids is 1. The number of nitriles is 1. The van der Waals surface area contributed by atoms with Crippen molar-refractivity contribution in [1.29, 1.82) is 5.26 Å². The fourth-order valence-electron chi connectivity index (χ4n) is 2.79. The lowest BCUT2D eigenvalue weighted by atomic mass is 10.2. The summed E-state index contributed by atoms with van der Waals surface area (Å²) in [4.78, 5) is 14.6. The molecule has 2 rings (SSSR count). The average molecular weight is 415 g/mol. The third-order valence-corrected chi connectivity index (χ3v) is 5.83. The van der Waals surface area contributed by atoms with Crippen LogP contribution in [0.4, 0.5) is 5.69 Å². The molecule has 0 unspecified atom stereocenters. The van der Waals surface area contributed by atoms with Crippen molar-refractivity contribution in [1.82, 2.24) is 10.0 Å². The highest BCUT2D eigenvalue weighted by Gasteiger charge is 2.14. The number of hydrogen-bond acceptors (Lipinski definition) is 5. The third kappa shape index (κ3) is 6.89. The van der Waals surface area contributed by atoms with E-state index in [0.717, 1.165) is 25.2 Å². The Kier molecular flexibility index (Phi) is 8.65. The molecule has 29 heavy (non-hydrogen) atoms. The smallest absolute Gasteiger partial charge is 0.251 e. The number of hydrogen-bond donors (Lipinski definition) is 2. The molecule has 0 bridgehead atoms. The predicted octanol–water partition coefficient (Wildman–Crippen LogP) is 2.52. The Labute approximate surface area is 172 Å². The summed E-state index contributed by atoms with van der Waals surface area (Å²) in [6.07, 6.45) is 0.892. The molecule has 0 atom stereocenters. The van der Waals surface area contributed by atoms with Crippen molar-refractivity contribution in [3.05, 3.63) is 60.2 Å². The number of benzene rings is 2. The lowest BCUT2D eigenvalue weighted by molar-refractivity contribution is 0.0953. The summed E-state index contributed by atoms with van der Waals surface area (Å²) in [6, 6.07) is 17.7. The molecule has 2 aromatic carbocycles. The Morgan fingerprint density at radius 3 is 2.38 bits per heavy atom. The molecule has 0 saturated heterocycles. The van der Waals surface area contributed by atoms with Crippen molar-refractivity contribution < 1.29 is 13.2 Å². The van der Waals surface area contributed by atoms with Crippen LogP contribution in [0.15, 0.2) is 59.5 Å². The second-order valence-electron chi connectivity index (χ2n) is 6.35. The second kappa shape index (κ2) is 11.2. The van der Waals surface area contributed by atoms with E-state index in [2.05, 4.69) is 34.0 Å². The first-order chi connectivity index (χ1) is 14.0. The zero-order valence-corrected chi connectivity index (χ0v) is 17.3. The summed E-state index contributed by atoms with van der Waals surface area (Å²) >= 11 is 0. The van der Waals surface area contributed by atoms with Gasteiger partial charge in [0.05, 0.1) is 11.0 Å². The van der Waals surface area contributed by atoms with E-state index >= 15 is 0 Å². The third-order valence-electron chi connectivity index (χ3n) is 4.35. The van der Waals surface area contributed by atoms with Gasteiger partial charge in [-0.1, -0.05) is 18.2 Å². The van der Waals surface area contributed by atoms with Crippen LogP contribution in [0.2, 0.25) is 0 Å². The number of anilines is 1. The van der Waals surface area contributed by atoms with Crippen LogP contribution in [0.5, 0.6) is 0 Å². The first-order valence-electron chi connectivity index (χ1n) is 9.53. The number of nitrogens with one attached hydrogen (secondary N) is 2. The van der Waals surface area contributed by atoms with Gasteiger partial charge in [0.1, 0.15) is 0 Å². The molecule has 1 amide bonds. The Morgan fingerprint density at radius 1 is 1.07 bits per heavy atom. The Balaban J connectivity index is 1.83. The highest BCUT2D eigenvalue weighted by Crippen LogP contribution is 2.13. The van der Waals surface area contributed by atoms with E-state index in [9.17, 15) is 13.2 Å². The topological polar surface area (TPSA) is 102 Å². The van der Waals surface area contributed by atoms with E-state index < -0.39 is 10.0 Å². The second-order valence-corrected chi connectivity index (χ2v) is 8.12. The van der Waals surface area contributed by atoms with Gasteiger partial charge in [0.15, 0.2) is 0 Å². The maximum absolute atomic E-state index is 12.3. The first kappa shape index (κ1) is 22.4. The molecule has 0 aliphatic heterocycles. The van der Waals surface area contributed by atoms with Gasteiger partial charge in [-0.3, -0.25) is 4.79 Å². The summed E-state index contributed by atoms with van der Waals surface area (Å²) in [7, 11) is -3.67. The van der Waals surface area contributed by atoms with Crippen LogP contribution in [-0.4, -0.2) is 40.5 Å². The van der Waals surface area contributed by atoms with E-state index in [1.807, 2.05) is 24.3 Å². The molecule has 2 aromatic rings. The average Bonchev–Trinajstić information content (AvgIpc) is 2.74. The van der Waals surface area contributed by atoms with E-state index in [0.29, 0.717) is 12.1 Å². The van der Waals surface area contributed by atoms with Crippen LogP contribution in [0.3, 0.4) is 0 Å². The Bertz CT molecular complexity index is 923. The Hall–Kier alpha value is -2.89. The highest BCUT2D eigenvalue weighted by molar-refractivity contribution is 7.89. The van der Waals surface area contributed by atoms with Crippen molar-refractivity contribution in [2.45, 2.75) is 24.7 Å². The summed E-state index contributed by atoms with van der Waals surface area (Å²) in [5, 5.41) is 11.4. The number of nitrogens with zero attached hydrogens (tertiary/aromatic N) is 2. The monoisotopic (exact) mass is 414 g/mol. The molecule has 0 spiro atoms. The fourth-order valence-corrected chi connectivity index (χ4v) is 3.82. The van der Waals surface area contributed by atoms with Gasteiger partial charge < -0.3 is 10.2 Å². The maximum Gasteiger partial charge on any atom is 0.251 e. The molecule has 0 heterocycles. The molecule has 7 nitrogen and oxygen atoms in total. The van der Waals surface area contributed by atoms with Crippen molar-refractivity contribution >= 4 is 21.6 Å². The predicted molar refractivity (Wildman–Crippen MR) is 113 cm³/mol. The van der Waals surface area contributed by atoms with Crippen molar-refractivity contribution in [3.8, 4) is 6.07 Å². The SMILES string of the molecule is CCN(CCCNC(=O)c1ccc(S(=O)(=O)NCCC#N)cc1)c1ccccc1. The molecule has 8 heteroatoms. The van der Waals surface area contributed by atoms with E-state index in [4.69, 9.17) is 5.26 Å². The van der Waals surface area contributed by atoms with Crippen LogP contribution in [-0.2, 0) is 10.0 Å². The maximum atomic E-state index is 12.3. The minimum atomic E-state index is -3.67. The van der Waals surface area contributed by atoms with Crippen LogP contribution < -0.4 is 14.9 Å². The van der Waals surface area contributed by atoms with Gasteiger partial charge in [0, 0.05) is 43.9 Å². The molecule has 0 fully saturated rings. The van der Waals surface area contributed by atoms with Crippen molar-refractivity contribution in [3.63, 3.8) is 0 Å². The van der Waals surface area contributed by atoms with Gasteiger partial charge in [-0.25, -0.2) is 13.1 Å². The summed E-state index contributed by atoms with van der Waals surface area (Å²) in [6.45, 7) is 4.38. The molecule has 154 valence electrons. The summed E-state index contributed by atoms with van der Waals surface area (Å²) in [5.41, 5.74) is 1.55. The number of sulfonamides is 1. The largest absolute Gasteiger partial charge is 0.372 e. The normalized spacial score (nSPS) is 10.9.